The van der Waals surface area contributed by atoms with Gasteiger partial charge in [0.25, 0.3) is 11.8 Å². The van der Waals surface area contributed by atoms with Crippen molar-refractivity contribution in [1.82, 2.24) is 4.90 Å². The van der Waals surface area contributed by atoms with Crippen LogP contribution in [-0.4, -0.2) is 22.5 Å². The Bertz CT molecular complexity index is 835. The van der Waals surface area contributed by atoms with E-state index in [1.54, 1.807) is 48.5 Å². The van der Waals surface area contributed by atoms with Gasteiger partial charge in [-0.3, -0.25) is 19.3 Å². The Labute approximate surface area is 144 Å². The smallest absolute Gasteiger partial charge is 0.262 e. The van der Waals surface area contributed by atoms with Crippen molar-refractivity contribution in [2.45, 2.75) is 13.0 Å². The molecule has 2 aromatic carbocycles. The minimum atomic E-state index is -0.854. The Morgan fingerprint density at radius 3 is 1.96 bits per heavy atom. The zero-order valence-electron chi connectivity index (χ0n) is 13.0. The molecule has 1 aliphatic heterocycles. The van der Waals surface area contributed by atoms with Crippen molar-refractivity contribution in [2.75, 3.05) is 0 Å². The summed E-state index contributed by atoms with van der Waals surface area (Å²) in [6.07, 6.45) is 0. The van der Waals surface area contributed by atoms with Crippen molar-refractivity contribution >= 4 is 29.2 Å². The molecule has 0 bridgehead atoms. The number of rotatable bonds is 4. The Kier molecular flexibility index (Phi) is 4.08. The highest BCUT2D eigenvalue weighted by Gasteiger charge is 2.42. The lowest BCUT2D eigenvalue weighted by atomic mass is 9.95. The van der Waals surface area contributed by atoms with Crippen LogP contribution in [0.4, 0.5) is 0 Å². The summed E-state index contributed by atoms with van der Waals surface area (Å²) in [7, 11) is 0. The Hall–Kier alpha value is -2.72. The monoisotopic (exact) mass is 339 g/mol. The van der Waals surface area contributed by atoms with Gasteiger partial charge in [0.1, 0.15) is 0 Å². The molecule has 0 aliphatic carbocycles. The molecule has 0 aromatic heterocycles. The van der Waals surface area contributed by atoms with E-state index in [2.05, 4.69) is 6.58 Å². The van der Waals surface area contributed by atoms with E-state index in [0.717, 1.165) is 4.90 Å². The Morgan fingerprint density at radius 2 is 1.50 bits per heavy atom. The predicted octanol–water partition coefficient (Wildman–Crippen LogP) is 3.82. The van der Waals surface area contributed by atoms with Gasteiger partial charge in [0.2, 0.25) is 0 Å². The van der Waals surface area contributed by atoms with Crippen LogP contribution in [0.2, 0.25) is 5.02 Å². The lowest BCUT2D eigenvalue weighted by molar-refractivity contribution is -0.114. The molecule has 1 heterocycles. The summed E-state index contributed by atoms with van der Waals surface area (Å²) in [5, 5.41) is 0.522. The molecular formula is C19H14ClNO3. The van der Waals surface area contributed by atoms with Crippen LogP contribution in [0.5, 0.6) is 0 Å². The first-order valence-electron chi connectivity index (χ1n) is 7.34. The van der Waals surface area contributed by atoms with Crippen LogP contribution in [0.25, 0.3) is 0 Å². The molecule has 0 fully saturated rings. The van der Waals surface area contributed by atoms with Gasteiger partial charge in [-0.25, -0.2) is 0 Å². The van der Waals surface area contributed by atoms with Crippen LogP contribution in [-0.2, 0) is 4.79 Å². The number of fused-ring (bicyclic) bond motifs is 1. The number of ketones is 1. The number of hydrogen-bond acceptors (Lipinski definition) is 3. The molecule has 1 aliphatic rings. The Morgan fingerprint density at radius 1 is 1.00 bits per heavy atom. The summed E-state index contributed by atoms with van der Waals surface area (Å²) in [6.45, 7) is 5.17. The molecule has 1 atom stereocenters. The number of halogens is 1. The normalized spacial score (nSPS) is 14.5. The van der Waals surface area contributed by atoms with Gasteiger partial charge in [0, 0.05) is 10.6 Å². The van der Waals surface area contributed by atoms with E-state index in [0.29, 0.717) is 21.7 Å². The molecule has 0 N–H and O–H groups in total. The van der Waals surface area contributed by atoms with E-state index in [9.17, 15) is 14.4 Å². The molecule has 3 rings (SSSR count). The number of carbonyl (C=O) groups is 3. The number of benzene rings is 2. The molecule has 120 valence electrons. The SMILES string of the molecule is C=C(C(C)=O)C(c1ccc(Cl)cc1)N1C(=O)c2ccccc2C1=O. The highest BCUT2D eigenvalue weighted by molar-refractivity contribution is 6.30. The molecule has 2 amide bonds. The number of hydrogen-bond donors (Lipinski definition) is 0. The van der Waals surface area contributed by atoms with Crippen LogP contribution in [0.3, 0.4) is 0 Å². The Balaban J connectivity index is 2.12. The van der Waals surface area contributed by atoms with Crippen molar-refractivity contribution in [3.05, 3.63) is 82.4 Å². The van der Waals surface area contributed by atoms with Gasteiger partial charge in [-0.2, -0.15) is 0 Å². The maximum atomic E-state index is 12.7. The fourth-order valence-electron chi connectivity index (χ4n) is 2.79. The molecule has 1 unspecified atom stereocenters. The maximum absolute atomic E-state index is 12.7. The van der Waals surface area contributed by atoms with Gasteiger partial charge in [0.05, 0.1) is 17.2 Å². The topological polar surface area (TPSA) is 54.5 Å². The second-order valence-corrected chi connectivity index (χ2v) is 6.00. The highest BCUT2D eigenvalue weighted by atomic mass is 35.5. The van der Waals surface area contributed by atoms with Gasteiger partial charge in [-0.15, -0.1) is 0 Å². The molecule has 24 heavy (non-hydrogen) atoms. The third-order valence-electron chi connectivity index (χ3n) is 4.05. The third-order valence-corrected chi connectivity index (χ3v) is 4.30. The molecule has 0 saturated heterocycles. The summed E-state index contributed by atoms with van der Waals surface area (Å²) in [6, 6.07) is 12.4. The largest absolute Gasteiger partial charge is 0.295 e. The average Bonchev–Trinajstić information content (AvgIpc) is 2.82. The highest BCUT2D eigenvalue weighted by Crippen LogP contribution is 2.35. The van der Waals surface area contributed by atoms with Crippen LogP contribution in [0, 0.1) is 0 Å². The molecular weight excluding hydrogens is 326 g/mol. The summed E-state index contributed by atoms with van der Waals surface area (Å²) in [4.78, 5) is 38.5. The van der Waals surface area contributed by atoms with Crippen LogP contribution in [0.15, 0.2) is 60.7 Å². The first-order chi connectivity index (χ1) is 11.4. The van der Waals surface area contributed by atoms with E-state index in [1.165, 1.54) is 6.92 Å². The van der Waals surface area contributed by atoms with Gasteiger partial charge < -0.3 is 0 Å². The van der Waals surface area contributed by atoms with E-state index >= 15 is 0 Å². The molecule has 0 spiro atoms. The number of nitrogens with zero attached hydrogens (tertiary/aromatic N) is 1. The summed E-state index contributed by atoms with van der Waals surface area (Å²) >= 11 is 5.91. The molecule has 5 heteroatoms. The van der Waals surface area contributed by atoms with E-state index < -0.39 is 17.9 Å². The van der Waals surface area contributed by atoms with Crippen LogP contribution < -0.4 is 0 Å². The average molecular weight is 340 g/mol. The lowest BCUT2D eigenvalue weighted by Crippen LogP contribution is -2.36. The van der Waals surface area contributed by atoms with Crippen molar-refractivity contribution in [3.8, 4) is 0 Å². The summed E-state index contributed by atoms with van der Waals surface area (Å²) < 4.78 is 0. The first kappa shape index (κ1) is 16.1. The second kappa shape index (κ2) is 6.06. The zero-order chi connectivity index (χ0) is 17.4. The van der Waals surface area contributed by atoms with Crippen LogP contribution in [0.1, 0.15) is 39.2 Å². The number of imide groups is 1. The molecule has 2 aromatic rings. The summed E-state index contributed by atoms with van der Waals surface area (Å²) in [5.41, 5.74) is 1.44. The van der Waals surface area contributed by atoms with E-state index in [-0.39, 0.29) is 11.4 Å². The van der Waals surface area contributed by atoms with Gasteiger partial charge in [0.15, 0.2) is 5.78 Å². The number of carbonyl (C=O) groups excluding carboxylic acids is 3. The molecule has 0 radical (unpaired) electrons. The molecule has 4 nitrogen and oxygen atoms in total. The number of amides is 2. The van der Waals surface area contributed by atoms with E-state index in [1.807, 2.05) is 0 Å². The standard InChI is InChI=1S/C19H14ClNO3/c1-11(12(2)22)17(13-7-9-14(20)10-8-13)21-18(23)15-5-3-4-6-16(15)19(21)24/h3-10,17H,1H2,2H3. The minimum absolute atomic E-state index is 0.173. The fourth-order valence-corrected chi connectivity index (χ4v) is 2.91. The zero-order valence-corrected chi connectivity index (χ0v) is 13.7. The second-order valence-electron chi connectivity index (χ2n) is 5.56. The van der Waals surface area contributed by atoms with Gasteiger partial charge in [-0.1, -0.05) is 42.4 Å². The first-order valence-corrected chi connectivity index (χ1v) is 7.71. The van der Waals surface area contributed by atoms with Crippen molar-refractivity contribution in [3.63, 3.8) is 0 Å². The predicted molar refractivity (Wildman–Crippen MR) is 91.0 cm³/mol. The van der Waals surface area contributed by atoms with Crippen molar-refractivity contribution in [2.24, 2.45) is 0 Å². The van der Waals surface area contributed by atoms with Crippen molar-refractivity contribution < 1.29 is 14.4 Å². The van der Waals surface area contributed by atoms with Gasteiger partial charge >= 0.3 is 0 Å². The molecule has 0 saturated carbocycles. The lowest BCUT2D eigenvalue weighted by Gasteiger charge is -2.27. The summed E-state index contributed by atoms with van der Waals surface area (Å²) in [5.74, 6) is -1.15. The van der Waals surface area contributed by atoms with Gasteiger partial charge in [-0.05, 0) is 36.8 Å². The third kappa shape index (κ3) is 2.55. The maximum Gasteiger partial charge on any atom is 0.262 e. The fraction of sp³-hybridized carbons (Fsp3) is 0.105. The minimum Gasteiger partial charge on any atom is -0.295 e. The van der Waals surface area contributed by atoms with E-state index in [4.69, 9.17) is 11.6 Å². The quantitative estimate of drug-likeness (QED) is 0.628. The van der Waals surface area contributed by atoms with Crippen LogP contribution >= 0.6 is 11.6 Å². The van der Waals surface area contributed by atoms with Crippen molar-refractivity contribution in [1.29, 1.82) is 0 Å². The number of Topliss-reactive ketones (excluding diaryl/α,β-unsaturated/α-hetero) is 1.